The largest absolute Gasteiger partial charge is 0.244 e. The summed E-state index contributed by atoms with van der Waals surface area (Å²) in [6.07, 6.45) is 0. The van der Waals surface area contributed by atoms with Crippen LogP contribution in [0.1, 0.15) is 87.6 Å². The van der Waals surface area contributed by atoms with Crippen molar-refractivity contribution in [2.24, 2.45) is 0 Å². The van der Waals surface area contributed by atoms with Crippen molar-refractivity contribution < 1.29 is 8.42 Å². The monoisotopic (exact) mass is 385 g/mol. The molecule has 0 aliphatic carbocycles. The van der Waals surface area contributed by atoms with Crippen molar-refractivity contribution in [2.45, 2.75) is 70.2 Å². The van der Waals surface area contributed by atoms with E-state index >= 15 is 0 Å². The van der Waals surface area contributed by atoms with Crippen LogP contribution in [0.25, 0.3) is 0 Å². The van der Waals surface area contributed by atoms with E-state index in [1.807, 2.05) is 30.3 Å². The third kappa shape index (κ3) is 3.83. The fourth-order valence-electron chi connectivity index (χ4n) is 3.64. The Kier molecular flexibility index (Phi) is 5.51. The maximum absolute atomic E-state index is 13.6. The molecule has 0 aromatic heterocycles. The second kappa shape index (κ2) is 7.40. The fraction of sp³-hybridized carbons (Fsp3) is 0.478. The first-order chi connectivity index (χ1) is 12.6. The van der Waals surface area contributed by atoms with E-state index in [2.05, 4.69) is 53.7 Å². The zero-order valence-electron chi connectivity index (χ0n) is 17.2. The Labute approximate surface area is 164 Å². The molecule has 1 aliphatic heterocycles. The minimum atomic E-state index is -3.52. The molecule has 0 amide bonds. The molecule has 2 aromatic rings. The predicted octanol–water partition coefficient (Wildman–Crippen LogP) is 5.80. The summed E-state index contributed by atoms with van der Waals surface area (Å²) in [5, 5.41) is 0. The third-order valence-corrected chi connectivity index (χ3v) is 7.41. The predicted molar refractivity (Wildman–Crippen MR) is 112 cm³/mol. The molecule has 0 saturated carbocycles. The molecule has 1 heterocycles. The van der Waals surface area contributed by atoms with E-state index in [4.69, 9.17) is 0 Å². The first kappa shape index (κ1) is 20.1. The minimum absolute atomic E-state index is 0.0407. The topological polar surface area (TPSA) is 37.1 Å². The van der Waals surface area contributed by atoms with Crippen molar-refractivity contribution in [3.05, 3.63) is 64.7 Å². The van der Waals surface area contributed by atoms with Crippen molar-refractivity contribution in [3.63, 3.8) is 0 Å². The van der Waals surface area contributed by atoms with Crippen molar-refractivity contribution in [2.75, 3.05) is 6.54 Å². The highest BCUT2D eigenvalue weighted by atomic mass is 32.2. The molecule has 0 radical (unpaired) electrons. The van der Waals surface area contributed by atoms with Crippen LogP contribution < -0.4 is 0 Å². The van der Waals surface area contributed by atoms with Crippen LogP contribution >= 0.6 is 0 Å². The van der Waals surface area contributed by atoms with Gasteiger partial charge in [0.05, 0.1) is 10.9 Å². The van der Waals surface area contributed by atoms with Crippen LogP contribution in [0.3, 0.4) is 0 Å². The molecule has 1 aliphatic rings. The van der Waals surface area contributed by atoms with Gasteiger partial charge in [0.2, 0.25) is 10.0 Å². The Morgan fingerprint density at radius 2 is 1.37 bits per heavy atom. The van der Waals surface area contributed by atoms with Gasteiger partial charge in [-0.1, -0.05) is 84.0 Å². The first-order valence-electron chi connectivity index (χ1n) is 9.89. The van der Waals surface area contributed by atoms with E-state index in [1.165, 1.54) is 5.56 Å². The lowest BCUT2D eigenvalue weighted by Gasteiger charge is -2.23. The molecule has 1 saturated heterocycles. The molecule has 0 bridgehead atoms. The van der Waals surface area contributed by atoms with E-state index < -0.39 is 10.0 Å². The quantitative estimate of drug-likeness (QED) is 0.589. The Balaban J connectivity index is 2.12. The SMILES string of the molecule is CC(C)c1cc(C(C)C)c(S(=O)(=O)N2C[C@H]2c2ccccc2)c(C(C)C)c1. The Morgan fingerprint density at radius 1 is 0.852 bits per heavy atom. The molecule has 0 N–H and O–H groups in total. The molecule has 3 nitrogen and oxygen atoms in total. The number of hydrogen-bond acceptors (Lipinski definition) is 2. The van der Waals surface area contributed by atoms with Gasteiger partial charge < -0.3 is 0 Å². The molecule has 2 atom stereocenters. The molecule has 1 fully saturated rings. The lowest BCUT2D eigenvalue weighted by molar-refractivity contribution is 0.549. The molecule has 2 aromatic carbocycles. The second-order valence-electron chi connectivity index (χ2n) is 8.49. The highest BCUT2D eigenvalue weighted by Crippen LogP contribution is 2.44. The molecular formula is C23H31NO2S. The molecule has 0 spiro atoms. The van der Waals surface area contributed by atoms with Crippen LogP contribution in [-0.4, -0.2) is 19.3 Å². The van der Waals surface area contributed by atoms with E-state index in [-0.39, 0.29) is 17.9 Å². The maximum Gasteiger partial charge on any atom is 0.244 e. The van der Waals surface area contributed by atoms with Gasteiger partial charge in [0, 0.05) is 6.54 Å². The van der Waals surface area contributed by atoms with Crippen LogP contribution in [0, 0.1) is 0 Å². The summed E-state index contributed by atoms with van der Waals surface area (Å²) in [4.78, 5) is 0.537. The lowest BCUT2D eigenvalue weighted by Crippen LogP contribution is -2.19. The second-order valence-corrected chi connectivity index (χ2v) is 10.3. The number of nitrogens with zero attached hydrogens (tertiary/aromatic N) is 1. The smallest absolute Gasteiger partial charge is 0.207 e. The average Bonchev–Trinajstić information content (AvgIpc) is 3.42. The summed E-state index contributed by atoms with van der Waals surface area (Å²) in [6, 6.07) is 14.1. The summed E-state index contributed by atoms with van der Waals surface area (Å²) in [5.41, 5.74) is 4.18. The van der Waals surface area contributed by atoms with E-state index in [0.717, 1.165) is 16.7 Å². The van der Waals surface area contributed by atoms with Crippen LogP contribution in [0.4, 0.5) is 0 Å². The molecular weight excluding hydrogens is 354 g/mol. The summed E-state index contributed by atoms with van der Waals surface area (Å²) in [5.74, 6) is 0.678. The van der Waals surface area contributed by atoms with Gasteiger partial charge >= 0.3 is 0 Å². The molecule has 3 rings (SSSR count). The number of sulfonamides is 1. The van der Waals surface area contributed by atoms with Crippen LogP contribution in [0.5, 0.6) is 0 Å². The summed E-state index contributed by atoms with van der Waals surface area (Å²) in [7, 11) is -3.52. The maximum atomic E-state index is 13.6. The Hall–Kier alpha value is -1.65. The zero-order valence-corrected chi connectivity index (χ0v) is 18.0. The molecule has 146 valence electrons. The molecule has 27 heavy (non-hydrogen) atoms. The van der Waals surface area contributed by atoms with Crippen LogP contribution in [0.2, 0.25) is 0 Å². The van der Waals surface area contributed by atoms with Crippen molar-refractivity contribution in [1.82, 2.24) is 4.31 Å². The highest BCUT2D eigenvalue weighted by Gasteiger charge is 2.47. The van der Waals surface area contributed by atoms with Gasteiger partial charge in [0.15, 0.2) is 0 Å². The standard InChI is InChI=1S/C23H31NO2S/c1-15(2)19-12-20(16(3)4)23(21(13-19)17(5)6)27(25,26)24-14-22(24)18-10-8-7-9-11-18/h7-13,15-17,22H,14H2,1-6H3/t22-,24?/m0/s1. The van der Waals surface area contributed by atoms with Gasteiger partial charge in [0.25, 0.3) is 0 Å². The Morgan fingerprint density at radius 3 is 1.81 bits per heavy atom. The van der Waals surface area contributed by atoms with Gasteiger partial charge in [-0.2, -0.15) is 4.31 Å². The Bertz CT molecular complexity index is 886. The van der Waals surface area contributed by atoms with Gasteiger partial charge in [-0.25, -0.2) is 8.42 Å². The van der Waals surface area contributed by atoms with Gasteiger partial charge in [0.1, 0.15) is 0 Å². The van der Waals surface area contributed by atoms with Gasteiger partial charge in [-0.15, -0.1) is 0 Å². The van der Waals surface area contributed by atoms with Crippen LogP contribution in [-0.2, 0) is 10.0 Å². The highest BCUT2D eigenvalue weighted by molar-refractivity contribution is 7.89. The summed E-state index contributed by atoms with van der Waals surface area (Å²) in [6.45, 7) is 13.2. The minimum Gasteiger partial charge on any atom is -0.207 e. The fourth-order valence-corrected chi connectivity index (χ4v) is 5.85. The summed E-state index contributed by atoms with van der Waals surface area (Å²) < 4.78 is 28.9. The first-order valence-corrected chi connectivity index (χ1v) is 11.3. The van der Waals surface area contributed by atoms with E-state index in [0.29, 0.717) is 17.4 Å². The lowest BCUT2D eigenvalue weighted by atomic mass is 9.89. The van der Waals surface area contributed by atoms with E-state index in [1.54, 1.807) is 4.31 Å². The summed E-state index contributed by atoms with van der Waals surface area (Å²) >= 11 is 0. The normalized spacial score (nSPS) is 19.9. The number of benzene rings is 2. The average molecular weight is 386 g/mol. The van der Waals surface area contributed by atoms with Crippen molar-refractivity contribution in [1.29, 1.82) is 0 Å². The third-order valence-electron chi connectivity index (χ3n) is 5.40. The number of rotatable bonds is 6. The van der Waals surface area contributed by atoms with Gasteiger partial charge in [-0.05, 0) is 40.0 Å². The molecule has 1 unspecified atom stereocenters. The van der Waals surface area contributed by atoms with E-state index in [9.17, 15) is 8.42 Å². The molecule has 4 heteroatoms. The van der Waals surface area contributed by atoms with Crippen molar-refractivity contribution >= 4 is 10.0 Å². The van der Waals surface area contributed by atoms with Crippen molar-refractivity contribution in [3.8, 4) is 0 Å². The number of hydrogen-bond donors (Lipinski definition) is 0. The van der Waals surface area contributed by atoms with Crippen LogP contribution in [0.15, 0.2) is 47.4 Å². The van der Waals surface area contributed by atoms with Gasteiger partial charge in [-0.3, -0.25) is 0 Å². The zero-order chi connectivity index (χ0) is 19.9.